The molecule has 1 N–H and O–H groups in total. The maximum atomic E-state index is 12.3. The smallest absolute Gasteiger partial charge is 0.224 e. The minimum Gasteiger partial charge on any atom is -0.353 e. The molecule has 1 saturated carbocycles. The van der Waals surface area contributed by atoms with E-state index < -0.39 is 9.84 Å². The molecule has 27 heavy (non-hydrogen) atoms. The predicted octanol–water partition coefficient (Wildman–Crippen LogP) is 3.87. The van der Waals surface area contributed by atoms with Crippen LogP contribution in [0.2, 0.25) is 0 Å². The van der Waals surface area contributed by atoms with Gasteiger partial charge < -0.3 is 5.32 Å². The van der Waals surface area contributed by atoms with E-state index in [-0.39, 0.29) is 24.1 Å². The van der Waals surface area contributed by atoms with Crippen LogP contribution in [0.25, 0.3) is 0 Å². The number of rotatable bonds is 6. The average molecular weight is 386 g/mol. The zero-order chi connectivity index (χ0) is 19.3. The molecule has 4 nitrogen and oxygen atoms in total. The zero-order valence-corrected chi connectivity index (χ0v) is 16.5. The SMILES string of the molecule is CCS(=O)(=O)c1ccc(CC(=O)NC2CCC(c3ccccc3)CC2)cc1. The number of amides is 1. The molecule has 5 heteroatoms. The Labute approximate surface area is 161 Å². The van der Waals surface area contributed by atoms with Crippen molar-refractivity contribution in [3.63, 3.8) is 0 Å². The molecular formula is C22H27NO3S. The lowest BCUT2D eigenvalue weighted by Crippen LogP contribution is -2.38. The molecule has 144 valence electrons. The maximum Gasteiger partial charge on any atom is 0.224 e. The van der Waals surface area contributed by atoms with Gasteiger partial charge in [0, 0.05) is 6.04 Å². The molecule has 1 aliphatic rings. The highest BCUT2D eigenvalue weighted by atomic mass is 32.2. The van der Waals surface area contributed by atoms with E-state index in [2.05, 4.69) is 29.6 Å². The highest BCUT2D eigenvalue weighted by Crippen LogP contribution is 2.32. The summed E-state index contributed by atoms with van der Waals surface area (Å²) in [6, 6.07) is 17.5. The van der Waals surface area contributed by atoms with Gasteiger partial charge in [-0.3, -0.25) is 4.79 Å². The third-order valence-corrected chi connectivity index (χ3v) is 7.14. The number of benzene rings is 2. The summed E-state index contributed by atoms with van der Waals surface area (Å²) in [6.07, 6.45) is 4.47. The van der Waals surface area contributed by atoms with Crippen molar-refractivity contribution in [1.82, 2.24) is 5.32 Å². The van der Waals surface area contributed by atoms with E-state index in [1.54, 1.807) is 31.2 Å². The summed E-state index contributed by atoms with van der Waals surface area (Å²) >= 11 is 0. The van der Waals surface area contributed by atoms with Crippen molar-refractivity contribution in [3.8, 4) is 0 Å². The van der Waals surface area contributed by atoms with Crippen molar-refractivity contribution >= 4 is 15.7 Å². The van der Waals surface area contributed by atoms with Crippen LogP contribution in [0.5, 0.6) is 0 Å². The van der Waals surface area contributed by atoms with Gasteiger partial charge in [-0.15, -0.1) is 0 Å². The minimum atomic E-state index is -3.19. The number of sulfone groups is 1. The van der Waals surface area contributed by atoms with Gasteiger partial charge in [0.1, 0.15) is 0 Å². The van der Waals surface area contributed by atoms with Gasteiger partial charge >= 0.3 is 0 Å². The minimum absolute atomic E-state index is 0.00394. The molecule has 3 rings (SSSR count). The lowest BCUT2D eigenvalue weighted by Gasteiger charge is -2.29. The van der Waals surface area contributed by atoms with Gasteiger partial charge in [0.05, 0.1) is 17.1 Å². The first-order valence-corrected chi connectivity index (χ1v) is 11.3. The van der Waals surface area contributed by atoms with Gasteiger partial charge in [-0.2, -0.15) is 0 Å². The molecular weight excluding hydrogens is 358 g/mol. The van der Waals surface area contributed by atoms with Crippen LogP contribution < -0.4 is 5.32 Å². The van der Waals surface area contributed by atoms with E-state index in [0.717, 1.165) is 31.2 Å². The Morgan fingerprint density at radius 1 is 0.963 bits per heavy atom. The van der Waals surface area contributed by atoms with E-state index in [0.29, 0.717) is 10.8 Å². The Morgan fingerprint density at radius 2 is 1.59 bits per heavy atom. The summed E-state index contributed by atoms with van der Waals surface area (Å²) in [4.78, 5) is 12.7. The first-order valence-electron chi connectivity index (χ1n) is 9.64. The van der Waals surface area contributed by atoms with Gasteiger partial charge in [0.15, 0.2) is 9.84 Å². The van der Waals surface area contributed by atoms with Crippen molar-refractivity contribution in [1.29, 1.82) is 0 Å². The molecule has 1 fully saturated rings. The van der Waals surface area contributed by atoms with Crippen molar-refractivity contribution in [2.45, 2.75) is 55.9 Å². The number of hydrogen-bond donors (Lipinski definition) is 1. The van der Waals surface area contributed by atoms with Crippen LogP contribution in [-0.4, -0.2) is 26.1 Å². The Hall–Kier alpha value is -2.14. The quantitative estimate of drug-likeness (QED) is 0.821. The molecule has 0 radical (unpaired) electrons. The van der Waals surface area contributed by atoms with Crippen LogP contribution in [0.15, 0.2) is 59.5 Å². The molecule has 1 amide bonds. The molecule has 1 aliphatic carbocycles. The fraction of sp³-hybridized carbons (Fsp3) is 0.409. The summed E-state index contributed by atoms with van der Waals surface area (Å²) in [5.74, 6) is 0.676. The van der Waals surface area contributed by atoms with E-state index in [1.807, 2.05) is 6.07 Å². The van der Waals surface area contributed by atoms with Crippen LogP contribution >= 0.6 is 0 Å². The summed E-state index contributed by atoms with van der Waals surface area (Å²) in [6.45, 7) is 1.63. The molecule has 0 aromatic heterocycles. The van der Waals surface area contributed by atoms with Crippen LogP contribution in [0.1, 0.15) is 49.7 Å². The average Bonchev–Trinajstić information content (AvgIpc) is 2.69. The van der Waals surface area contributed by atoms with Crippen LogP contribution in [-0.2, 0) is 21.1 Å². The zero-order valence-electron chi connectivity index (χ0n) is 15.7. The topological polar surface area (TPSA) is 63.2 Å². The Morgan fingerprint density at radius 3 is 2.19 bits per heavy atom. The van der Waals surface area contributed by atoms with Gasteiger partial charge in [0.2, 0.25) is 5.91 Å². The number of hydrogen-bond acceptors (Lipinski definition) is 3. The molecule has 0 heterocycles. The summed E-state index contributed by atoms with van der Waals surface area (Å²) in [5.41, 5.74) is 2.23. The highest BCUT2D eigenvalue weighted by molar-refractivity contribution is 7.91. The number of carbonyl (C=O) groups is 1. The Balaban J connectivity index is 1.49. The normalized spacial score (nSPS) is 20.2. The molecule has 0 atom stereocenters. The molecule has 0 bridgehead atoms. The fourth-order valence-electron chi connectivity index (χ4n) is 3.74. The first-order chi connectivity index (χ1) is 13.0. The standard InChI is InChI=1S/C22H27NO3S/c1-2-27(25,26)21-14-8-17(9-15-21)16-22(24)23-20-12-10-19(11-13-20)18-6-4-3-5-7-18/h3-9,14-15,19-20H,2,10-13,16H2,1H3,(H,23,24). The Kier molecular flexibility index (Phi) is 6.32. The molecule has 0 saturated heterocycles. The highest BCUT2D eigenvalue weighted by Gasteiger charge is 2.23. The van der Waals surface area contributed by atoms with Gasteiger partial charge in [-0.1, -0.05) is 49.4 Å². The number of carbonyl (C=O) groups excluding carboxylic acids is 1. The van der Waals surface area contributed by atoms with Crippen molar-refractivity contribution in [2.24, 2.45) is 0 Å². The van der Waals surface area contributed by atoms with Crippen LogP contribution in [0.4, 0.5) is 0 Å². The van der Waals surface area contributed by atoms with E-state index >= 15 is 0 Å². The van der Waals surface area contributed by atoms with Crippen LogP contribution in [0, 0.1) is 0 Å². The van der Waals surface area contributed by atoms with E-state index in [9.17, 15) is 13.2 Å². The molecule has 2 aromatic carbocycles. The van der Waals surface area contributed by atoms with Crippen molar-refractivity contribution in [2.75, 3.05) is 5.75 Å². The molecule has 2 aromatic rings. The van der Waals surface area contributed by atoms with Crippen molar-refractivity contribution < 1.29 is 13.2 Å². The maximum absolute atomic E-state index is 12.3. The van der Waals surface area contributed by atoms with E-state index in [4.69, 9.17) is 0 Å². The van der Waals surface area contributed by atoms with Gasteiger partial charge in [-0.25, -0.2) is 8.42 Å². The monoisotopic (exact) mass is 385 g/mol. The third kappa shape index (κ3) is 5.19. The third-order valence-electron chi connectivity index (χ3n) is 5.39. The second-order valence-corrected chi connectivity index (χ2v) is 9.53. The molecule has 0 aliphatic heterocycles. The molecule has 0 spiro atoms. The van der Waals surface area contributed by atoms with Crippen LogP contribution in [0.3, 0.4) is 0 Å². The van der Waals surface area contributed by atoms with Gasteiger partial charge in [-0.05, 0) is 54.9 Å². The fourth-order valence-corrected chi connectivity index (χ4v) is 4.63. The summed E-state index contributed by atoms with van der Waals surface area (Å²) < 4.78 is 23.7. The largest absolute Gasteiger partial charge is 0.353 e. The lowest BCUT2D eigenvalue weighted by atomic mass is 9.82. The van der Waals surface area contributed by atoms with E-state index in [1.165, 1.54) is 5.56 Å². The second kappa shape index (κ2) is 8.70. The number of nitrogens with one attached hydrogen (secondary N) is 1. The second-order valence-electron chi connectivity index (χ2n) is 7.25. The predicted molar refractivity (Wildman–Crippen MR) is 107 cm³/mol. The first kappa shape index (κ1) is 19.6. The van der Waals surface area contributed by atoms with Crippen molar-refractivity contribution in [3.05, 3.63) is 65.7 Å². The molecule has 0 unspecified atom stereocenters. The summed E-state index contributed by atoms with van der Waals surface area (Å²) in [7, 11) is -3.19. The summed E-state index contributed by atoms with van der Waals surface area (Å²) in [5, 5.41) is 3.14. The van der Waals surface area contributed by atoms with Gasteiger partial charge in [0.25, 0.3) is 0 Å². The Bertz CT molecular complexity index is 852. The lowest BCUT2D eigenvalue weighted by molar-refractivity contribution is -0.121.